The number of piperidine rings is 1. The number of anilines is 4. The van der Waals surface area contributed by atoms with E-state index in [1.54, 1.807) is 0 Å². The first-order valence-electron chi connectivity index (χ1n) is 12.2. The van der Waals surface area contributed by atoms with Crippen molar-refractivity contribution in [2.45, 2.75) is 32.1 Å². The first-order chi connectivity index (χ1) is 17.1. The molecule has 0 unspecified atom stereocenters. The van der Waals surface area contributed by atoms with E-state index >= 15 is 0 Å². The number of hydrogen-bond acceptors (Lipinski definition) is 5. The lowest BCUT2D eigenvalue weighted by atomic mass is 10.1. The van der Waals surface area contributed by atoms with Crippen molar-refractivity contribution in [3.8, 4) is 0 Å². The van der Waals surface area contributed by atoms with E-state index in [4.69, 9.17) is 9.97 Å². The van der Waals surface area contributed by atoms with Crippen LogP contribution in [0.5, 0.6) is 0 Å². The molecular formula is C27H30F2N6. The van der Waals surface area contributed by atoms with Crippen LogP contribution in [0.15, 0.2) is 48.7 Å². The molecule has 1 aromatic carbocycles. The molecule has 0 bridgehead atoms. The normalized spacial score (nSPS) is 15.1. The summed E-state index contributed by atoms with van der Waals surface area (Å²) in [4.78, 5) is 17.3. The maximum atomic E-state index is 13.8. The average molecular weight is 477 g/mol. The minimum atomic E-state index is -0.895. The van der Waals surface area contributed by atoms with Gasteiger partial charge in [0.15, 0.2) is 11.6 Å². The standard InChI is InChI=1S/C27H30F2N6/c1-34(15-12-19-18-30-24-9-5-2-4-8-21(19)24)27-32-25(31-20-10-11-22(28)23(29)16-20)17-26(33-27)35-13-6-3-7-14-35/h2,4-5,9-11,16-18,30H,3,6-8,12-15H2,1H3,(H,31,32,33). The van der Waals surface area contributed by atoms with E-state index in [-0.39, 0.29) is 0 Å². The number of likely N-dealkylation sites (N-methyl/N-ethyl adjacent to an activating group) is 1. The quantitative estimate of drug-likeness (QED) is 0.463. The Morgan fingerprint density at radius 1 is 1.06 bits per heavy atom. The van der Waals surface area contributed by atoms with Gasteiger partial charge in [0.1, 0.15) is 11.6 Å². The van der Waals surface area contributed by atoms with Crippen molar-refractivity contribution >= 4 is 29.3 Å². The fourth-order valence-electron chi connectivity index (χ4n) is 4.59. The van der Waals surface area contributed by atoms with Crippen molar-refractivity contribution < 1.29 is 8.78 Å². The highest BCUT2D eigenvalue weighted by Gasteiger charge is 2.18. The molecule has 6 nitrogen and oxygen atoms in total. The molecule has 1 saturated heterocycles. The molecule has 1 aliphatic heterocycles. The minimum Gasteiger partial charge on any atom is -0.361 e. The summed E-state index contributed by atoms with van der Waals surface area (Å²) in [7, 11) is 1.99. The number of H-pyrrole nitrogens is 1. The number of aromatic amines is 1. The fourth-order valence-corrected chi connectivity index (χ4v) is 4.59. The van der Waals surface area contributed by atoms with Crippen molar-refractivity contribution in [1.82, 2.24) is 15.0 Å². The topological polar surface area (TPSA) is 60.1 Å². The first kappa shape index (κ1) is 23.1. The zero-order chi connectivity index (χ0) is 24.2. The van der Waals surface area contributed by atoms with Crippen LogP contribution in [0, 0.1) is 11.6 Å². The molecule has 0 spiro atoms. The number of nitrogens with one attached hydrogen (secondary N) is 2. The number of benzene rings is 1. The number of hydrogen-bond donors (Lipinski definition) is 2. The third-order valence-electron chi connectivity index (χ3n) is 6.58. The zero-order valence-corrected chi connectivity index (χ0v) is 19.9. The molecule has 182 valence electrons. The Labute approximate surface area is 204 Å². The third-order valence-corrected chi connectivity index (χ3v) is 6.58. The van der Waals surface area contributed by atoms with Gasteiger partial charge in [-0.25, -0.2) is 8.78 Å². The highest BCUT2D eigenvalue weighted by molar-refractivity contribution is 5.62. The maximum Gasteiger partial charge on any atom is 0.229 e. The van der Waals surface area contributed by atoms with Crippen molar-refractivity contribution in [2.75, 3.05) is 41.8 Å². The second-order valence-corrected chi connectivity index (χ2v) is 9.08. The number of fused-ring (bicyclic) bond motifs is 1. The second-order valence-electron chi connectivity index (χ2n) is 9.08. The number of aromatic nitrogens is 3. The Morgan fingerprint density at radius 3 is 2.74 bits per heavy atom. The van der Waals surface area contributed by atoms with E-state index in [1.807, 2.05) is 18.0 Å². The van der Waals surface area contributed by atoms with Crippen LogP contribution >= 0.6 is 0 Å². The van der Waals surface area contributed by atoms with Gasteiger partial charge in [-0.2, -0.15) is 9.97 Å². The largest absolute Gasteiger partial charge is 0.361 e. The van der Waals surface area contributed by atoms with Crippen LogP contribution in [0.25, 0.3) is 6.08 Å². The summed E-state index contributed by atoms with van der Waals surface area (Å²) in [5, 5.41) is 3.13. The van der Waals surface area contributed by atoms with E-state index < -0.39 is 11.6 Å². The summed E-state index contributed by atoms with van der Waals surface area (Å²) in [5.41, 5.74) is 4.22. The van der Waals surface area contributed by atoms with E-state index in [0.717, 1.165) is 69.0 Å². The Hall–Kier alpha value is -3.68. The van der Waals surface area contributed by atoms with E-state index in [2.05, 4.69) is 45.7 Å². The molecular weight excluding hydrogens is 446 g/mol. The molecule has 0 amide bonds. The van der Waals surface area contributed by atoms with Crippen LogP contribution in [-0.2, 0) is 12.8 Å². The van der Waals surface area contributed by atoms with Gasteiger partial charge in [-0.15, -0.1) is 0 Å². The molecule has 0 saturated carbocycles. The monoisotopic (exact) mass is 476 g/mol. The lowest BCUT2D eigenvalue weighted by Gasteiger charge is -2.29. The van der Waals surface area contributed by atoms with Gasteiger partial charge in [0.2, 0.25) is 5.95 Å². The fraction of sp³-hybridized carbons (Fsp3) is 0.333. The molecule has 3 heterocycles. The molecule has 2 aromatic heterocycles. The Balaban J connectivity index is 1.38. The van der Waals surface area contributed by atoms with Gasteiger partial charge < -0.3 is 20.1 Å². The van der Waals surface area contributed by atoms with Gasteiger partial charge in [0, 0.05) is 56.4 Å². The van der Waals surface area contributed by atoms with Gasteiger partial charge in [-0.1, -0.05) is 18.2 Å². The molecule has 2 N–H and O–H groups in total. The molecule has 0 radical (unpaired) electrons. The maximum absolute atomic E-state index is 13.8. The molecule has 5 rings (SSSR count). The average Bonchev–Trinajstić information content (AvgIpc) is 3.10. The van der Waals surface area contributed by atoms with Crippen molar-refractivity contribution in [1.29, 1.82) is 0 Å². The van der Waals surface area contributed by atoms with Crippen LogP contribution in [0.3, 0.4) is 0 Å². The van der Waals surface area contributed by atoms with Crippen LogP contribution in [0.4, 0.5) is 32.1 Å². The van der Waals surface area contributed by atoms with E-state index in [9.17, 15) is 8.78 Å². The molecule has 0 atom stereocenters. The first-order valence-corrected chi connectivity index (χ1v) is 12.2. The predicted octanol–water partition coefficient (Wildman–Crippen LogP) is 5.62. The summed E-state index contributed by atoms with van der Waals surface area (Å²) in [6.07, 6.45) is 15.7. The van der Waals surface area contributed by atoms with E-state index in [1.165, 1.54) is 23.6 Å². The summed E-state index contributed by atoms with van der Waals surface area (Å²) >= 11 is 0. The van der Waals surface area contributed by atoms with Crippen LogP contribution < -0.4 is 15.1 Å². The van der Waals surface area contributed by atoms with Crippen LogP contribution in [0.2, 0.25) is 0 Å². The van der Waals surface area contributed by atoms with Crippen molar-refractivity contribution in [3.05, 3.63) is 77.1 Å². The second kappa shape index (κ2) is 10.3. The highest BCUT2D eigenvalue weighted by atomic mass is 19.2. The predicted molar refractivity (Wildman–Crippen MR) is 137 cm³/mol. The summed E-state index contributed by atoms with van der Waals surface area (Å²) < 4.78 is 27.2. The molecule has 1 fully saturated rings. The van der Waals surface area contributed by atoms with Gasteiger partial charge in [-0.05, 0) is 61.4 Å². The number of halogens is 2. The Bertz CT molecular complexity index is 1240. The minimum absolute atomic E-state index is 0.442. The van der Waals surface area contributed by atoms with Gasteiger partial charge in [-0.3, -0.25) is 0 Å². The third kappa shape index (κ3) is 5.37. The van der Waals surface area contributed by atoms with Crippen molar-refractivity contribution in [2.24, 2.45) is 0 Å². The van der Waals surface area contributed by atoms with Gasteiger partial charge >= 0.3 is 0 Å². The number of rotatable bonds is 7. The Kier molecular flexibility index (Phi) is 6.79. The number of nitrogens with zero attached hydrogens (tertiary/aromatic N) is 4. The van der Waals surface area contributed by atoms with Crippen LogP contribution in [0.1, 0.15) is 36.1 Å². The highest BCUT2D eigenvalue weighted by Crippen LogP contribution is 2.26. The molecule has 2 aliphatic rings. The lowest BCUT2D eigenvalue weighted by Crippen LogP contribution is -2.31. The molecule has 8 heteroatoms. The molecule has 35 heavy (non-hydrogen) atoms. The Morgan fingerprint density at radius 2 is 1.91 bits per heavy atom. The molecule has 3 aromatic rings. The van der Waals surface area contributed by atoms with E-state index in [0.29, 0.717) is 17.5 Å². The SMILES string of the molecule is CN(CCc1c[nH]c2c1CC=CC=C2)c1nc(Nc2ccc(F)c(F)c2)cc(N2CCCCC2)n1. The van der Waals surface area contributed by atoms with Gasteiger partial charge in [0.05, 0.1) is 0 Å². The molecule has 1 aliphatic carbocycles. The lowest BCUT2D eigenvalue weighted by molar-refractivity contribution is 0.509. The van der Waals surface area contributed by atoms with Crippen LogP contribution in [-0.4, -0.2) is 41.6 Å². The smallest absolute Gasteiger partial charge is 0.229 e. The summed E-state index contributed by atoms with van der Waals surface area (Å²) in [6.45, 7) is 2.63. The van der Waals surface area contributed by atoms with Crippen molar-refractivity contribution in [3.63, 3.8) is 0 Å². The summed E-state index contributed by atoms with van der Waals surface area (Å²) in [5.74, 6) is 0.227. The summed E-state index contributed by atoms with van der Waals surface area (Å²) in [6, 6.07) is 5.64. The number of allylic oxidation sites excluding steroid dienone is 3. The zero-order valence-electron chi connectivity index (χ0n) is 19.9. The van der Waals surface area contributed by atoms with Gasteiger partial charge in [0.25, 0.3) is 0 Å².